The highest BCUT2D eigenvalue weighted by Gasteiger charge is 2.33. The second-order valence-corrected chi connectivity index (χ2v) is 5.32. The summed E-state index contributed by atoms with van der Waals surface area (Å²) in [6.07, 6.45) is -1.08. The Morgan fingerprint density at radius 3 is 2.15 bits per heavy atom. The molecule has 0 spiro atoms. The van der Waals surface area contributed by atoms with Crippen molar-refractivity contribution in [2.24, 2.45) is 5.41 Å². The molecule has 1 rings (SSSR count). The fourth-order valence-electron chi connectivity index (χ4n) is 1.51. The van der Waals surface area contributed by atoms with Crippen molar-refractivity contribution in [1.29, 1.82) is 0 Å². The number of carbonyl (C=O) groups excluding carboxylic acids is 2. The molecule has 2 N–H and O–H groups in total. The monoisotopic (exact) mass is 279 g/mol. The van der Waals surface area contributed by atoms with Gasteiger partial charge in [-0.3, -0.25) is 0 Å². The molecular formula is C14H17NO5. The van der Waals surface area contributed by atoms with Gasteiger partial charge in [-0.2, -0.15) is 0 Å². The number of amides is 1. The third-order valence-electron chi connectivity index (χ3n) is 2.57. The summed E-state index contributed by atoms with van der Waals surface area (Å²) < 4.78 is 4.56. The molecule has 0 aliphatic carbocycles. The maximum absolute atomic E-state index is 11.6. The standard InChI is InChI=1S/C14H17NO5/c1-14(2,3)10(11(16)17)15-13(19)20-12(18)9-7-5-4-6-8-9/h4-8,10H,1-3H3,(H,15,19)(H,16,17)/t10-/m1/s1. The van der Waals surface area contributed by atoms with Crippen LogP contribution in [0.5, 0.6) is 0 Å². The quantitative estimate of drug-likeness (QED) is 0.652. The molecule has 0 unspecified atom stereocenters. The van der Waals surface area contributed by atoms with E-state index in [4.69, 9.17) is 5.11 Å². The summed E-state index contributed by atoms with van der Waals surface area (Å²) in [7, 11) is 0. The van der Waals surface area contributed by atoms with E-state index < -0.39 is 29.5 Å². The molecule has 0 aliphatic rings. The van der Waals surface area contributed by atoms with Crippen LogP contribution in [0, 0.1) is 5.41 Å². The Labute approximate surface area is 116 Å². The van der Waals surface area contributed by atoms with Gasteiger partial charge in [0.1, 0.15) is 6.04 Å². The molecule has 0 aliphatic heterocycles. The van der Waals surface area contributed by atoms with E-state index >= 15 is 0 Å². The minimum atomic E-state index is -1.19. The zero-order valence-electron chi connectivity index (χ0n) is 11.5. The zero-order valence-corrected chi connectivity index (χ0v) is 11.5. The predicted octanol–water partition coefficient (Wildman–Crippen LogP) is 2.05. The first kappa shape index (κ1) is 15.7. The van der Waals surface area contributed by atoms with E-state index in [-0.39, 0.29) is 5.56 Å². The number of esters is 1. The van der Waals surface area contributed by atoms with Crippen molar-refractivity contribution in [3.8, 4) is 0 Å². The summed E-state index contributed by atoms with van der Waals surface area (Å²) in [6.45, 7) is 4.97. The minimum Gasteiger partial charge on any atom is -0.480 e. The SMILES string of the molecule is CC(C)(C)[C@H](NC(=O)OC(=O)c1ccccc1)C(=O)O. The molecule has 0 radical (unpaired) electrons. The Kier molecular flexibility index (Phi) is 4.85. The first-order valence-electron chi connectivity index (χ1n) is 6.02. The number of aliphatic carboxylic acids is 1. The molecule has 0 saturated heterocycles. The van der Waals surface area contributed by atoms with Gasteiger partial charge in [-0.05, 0) is 17.5 Å². The highest BCUT2D eigenvalue weighted by atomic mass is 16.6. The lowest BCUT2D eigenvalue weighted by molar-refractivity contribution is -0.142. The summed E-state index contributed by atoms with van der Waals surface area (Å²) >= 11 is 0. The Hall–Kier alpha value is -2.37. The molecule has 0 heterocycles. The number of hydrogen-bond acceptors (Lipinski definition) is 4. The van der Waals surface area contributed by atoms with Crippen LogP contribution in [0.4, 0.5) is 4.79 Å². The molecule has 0 saturated carbocycles. The molecule has 1 aromatic carbocycles. The topological polar surface area (TPSA) is 92.7 Å². The van der Waals surface area contributed by atoms with Crippen LogP contribution in [-0.2, 0) is 9.53 Å². The van der Waals surface area contributed by atoms with Gasteiger partial charge in [-0.15, -0.1) is 0 Å². The van der Waals surface area contributed by atoms with Crippen LogP contribution < -0.4 is 5.32 Å². The Morgan fingerprint density at radius 1 is 1.15 bits per heavy atom. The van der Waals surface area contributed by atoms with Gasteiger partial charge in [0.15, 0.2) is 0 Å². The Bertz CT molecular complexity index is 504. The third-order valence-corrected chi connectivity index (χ3v) is 2.57. The highest BCUT2D eigenvalue weighted by molar-refractivity contribution is 5.97. The van der Waals surface area contributed by atoms with Crippen molar-refractivity contribution < 1.29 is 24.2 Å². The van der Waals surface area contributed by atoms with Crippen molar-refractivity contribution in [1.82, 2.24) is 5.32 Å². The number of ether oxygens (including phenoxy) is 1. The van der Waals surface area contributed by atoms with E-state index in [1.165, 1.54) is 12.1 Å². The lowest BCUT2D eigenvalue weighted by atomic mass is 9.87. The number of hydrogen-bond donors (Lipinski definition) is 2. The smallest absolute Gasteiger partial charge is 0.415 e. The molecular weight excluding hydrogens is 262 g/mol. The number of alkyl carbamates (subject to hydrolysis) is 1. The minimum absolute atomic E-state index is 0.213. The molecule has 1 atom stereocenters. The molecule has 108 valence electrons. The summed E-state index contributed by atoms with van der Waals surface area (Å²) in [5.74, 6) is -2.03. The van der Waals surface area contributed by atoms with Crippen LogP contribution in [0.3, 0.4) is 0 Å². The van der Waals surface area contributed by atoms with Gasteiger partial charge in [0, 0.05) is 0 Å². The van der Waals surface area contributed by atoms with Gasteiger partial charge >= 0.3 is 18.0 Å². The summed E-state index contributed by atoms with van der Waals surface area (Å²) in [4.78, 5) is 34.3. The van der Waals surface area contributed by atoms with Gasteiger partial charge < -0.3 is 15.2 Å². The van der Waals surface area contributed by atoms with E-state index in [1.54, 1.807) is 39.0 Å². The van der Waals surface area contributed by atoms with Crippen molar-refractivity contribution in [2.45, 2.75) is 26.8 Å². The second kappa shape index (κ2) is 6.18. The molecule has 1 aromatic rings. The van der Waals surface area contributed by atoms with Crippen molar-refractivity contribution >= 4 is 18.0 Å². The summed E-state index contributed by atoms with van der Waals surface area (Å²) in [5, 5.41) is 11.2. The number of carboxylic acids is 1. The molecule has 0 bridgehead atoms. The molecule has 0 fully saturated rings. The fourth-order valence-corrected chi connectivity index (χ4v) is 1.51. The van der Waals surface area contributed by atoms with Gasteiger partial charge in [0.05, 0.1) is 5.56 Å². The normalized spacial score (nSPS) is 12.3. The Balaban J connectivity index is 2.68. The van der Waals surface area contributed by atoms with Crippen LogP contribution in [0.25, 0.3) is 0 Å². The van der Waals surface area contributed by atoms with Crippen molar-refractivity contribution in [3.63, 3.8) is 0 Å². The average Bonchev–Trinajstić information content (AvgIpc) is 2.35. The molecule has 0 aromatic heterocycles. The third kappa shape index (κ3) is 4.38. The summed E-state index contributed by atoms with van der Waals surface area (Å²) in [6, 6.07) is 6.81. The van der Waals surface area contributed by atoms with Crippen LogP contribution in [0.2, 0.25) is 0 Å². The molecule has 6 nitrogen and oxygen atoms in total. The van der Waals surface area contributed by atoms with Crippen molar-refractivity contribution in [2.75, 3.05) is 0 Å². The lowest BCUT2D eigenvalue weighted by Gasteiger charge is -2.27. The maximum Gasteiger partial charge on any atom is 0.415 e. The lowest BCUT2D eigenvalue weighted by Crippen LogP contribution is -2.49. The Morgan fingerprint density at radius 2 is 1.70 bits per heavy atom. The number of carboxylic acid groups (broad SMARTS) is 1. The molecule has 1 amide bonds. The fraction of sp³-hybridized carbons (Fsp3) is 0.357. The van der Waals surface area contributed by atoms with Crippen molar-refractivity contribution in [3.05, 3.63) is 35.9 Å². The van der Waals surface area contributed by atoms with Crippen LogP contribution in [0.1, 0.15) is 31.1 Å². The largest absolute Gasteiger partial charge is 0.480 e. The maximum atomic E-state index is 11.6. The number of carbonyl (C=O) groups is 3. The molecule has 6 heteroatoms. The van der Waals surface area contributed by atoms with Gasteiger partial charge in [-0.1, -0.05) is 39.0 Å². The molecule has 20 heavy (non-hydrogen) atoms. The number of benzene rings is 1. The second-order valence-electron chi connectivity index (χ2n) is 5.32. The van der Waals surface area contributed by atoms with E-state index in [1.807, 2.05) is 0 Å². The first-order valence-corrected chi connectivity index (χ1v) is 6.02. The van der Waals surface area contributed by atoms with Gasteiger partial charge in [0.2, 0.25) is 0 Å². The summed E-state index contributed by atoms with van der Waals surface area (Å²) in [5.41, 5.74) is -0.494. The van der Waals surface area contributed by atoms with E-state index in [0.717, 1.165) is 0 Å². The van der Waals surface area contributed by atoms with Gasteiger partial charge in [0.25, 0.3) is 0 Å². The van der Waals surface area contributed by atoms with Crippen LogP contribution in [0.15, 0.2) is 30.3 Å². The van der Waals surface area contributed by atoms with Crippen LogP contribution in [-0.4, -0.2) is 29.2 Å². The van der Waals surface area contributed by atoms with E-state index in [0.29, 0.717) is 0 Å². The first-order chi connectivity index (χ1) is 9.21. The zero-order chi connectivity index (χ0) is 15.3. The van der Waals surface area contributed by atoms with Crippen LogP contribution >= 0.6 is 0 Å². The van der Waals surface area contributed by atoms with E-state index in [9.17, 15) is 14.4 Å². The average molecular weight is 279 g/mol. The highest BCUT2D eigenvalue weighted by Crippen LogP contribution is 2.19. The van der Waals surface area contributed by atoms with E-state index in [2.05, 4.69) is 10.1 Å². The number of nitrogens with one attached hydrogen (secondary N) is 1. The van der Waals surface area contributed by atoms with Gasteiger partial charge in [-0.25, -0.2) is 14.4 Å². The number of rotatable bonds is 3. The predicted molar refractivity (Wildman–Crippen MR) is 71.3 cm³/mol.